The predicted octanol–water partition coefficient (Wildman–Crippen LogP) is 2.20. The van der Waals surface area contributed by atoms with E-state index in [-0.39, 0.29) is 12.7 Å². The fourth-order valence-electron chi connectivity index (χ4n) is 2.20. The smallest absolute Gasteiger partial charge is 0.271 e. The van der Waals surface area contributed by atoms with Gasteiger partial charge in [-0.3, -0.25) is 4.79 Å². The number of nitrogens with zero attached hydrogens (tertiary/aromatic N) is 1. The minimum absolute atomic E-state index is 0.161. The Labute approximate surface area is 138 Å². The summed E-state index contributed by atoms with van der Waals surface area (Å²) >= 11 is 0. The van der Waals surface area contributed by atoms with Crippen LogP contribution in [-0.2, 0) is 0 Å². The van der Waals surface area contributed by atoms with Gasteiger partial charge in [0.15, 0.2) is 11.5 Å². The van der Waals surface area contributed by atoms with Crippen molar-refractivity contribution in [1.29, 1.82) is 0 Å². The number of hydrogen-bond acceptors (Lipinski definition) is 6. The Morgan fingerprint density at radius 1 is 1.12 bits per heavy atom. The Morgan fingerprint density at radius 3 is 2.75 bits per heavy atom. The molecule has 0 saturated heterocycles. The zero-order valence-corrected chi connectivity index (χ0v) is 13.2. The van der Waals surface area contributed by atoms with Crippen molar-refractivity contribution in [3.8, 4) is 23.0 Å². The zero-order valence-electron chi connectivity index (χ0n) is 13.2. The number of ether oxygens (including phenoxy) is 4. The highest BCUT2D eigenvalue weighted by atomic mass is 16.7. The lowest BCUT2D eigenvalue weighted by atomic mass is 10.2. The van der Waals surface area contributed by atoms with Crippen molar-refractivity contribution < 1.29 is 23.7 Å². The van der Waals surface area contributed by atoms with Crippen LogP contribution in [0.4, 0.5) is 0 Å². The van der Waals surface area contributed by atoms with E-state index in [0.29, 0.717) is 34.1 Å². The molecule has 124 valence electrons. The molecule has 0 atom stereocenters. The number of rotatable bonds is 5. The summed E-state index contributed by atoms with van der Waals surface area (Å²) in [6.07, 6.45) is 1.49. The summed E-state index contributed by atoms with van der Waals surface area (Å²) in [4.78, 5) is 12.1. The van der Waals surface area contributed by atoms with Gasteiger partial charge in [0.2, 0.25) is 6.79 Å². The van der Waals surface area contributed by atoms with Gasteiger partial charge in [-0.15, -0.1) is 0 Å². The number of hydrazone groups is 1. The van der Waals surface area contributed by atoms with E-state index in [4.69, 9.17) is 18.9 Å². The third kappa shape index (κ3) is 3.24. The molecule has 0 aliphatic carbocycles. The SMILES string of the molecule is COc1ccc(OC)c(/C=N/NC(=O)c2ccc3c(c2)OCO3)c1. The van der Waals surface area contributed by atoms with Crippen molar-refractivity contribution in [2.75, 3.05) is 21.0 Å². The van der Waals surface area contributed by atoms with Crippen LogP contribution < -0.4 is 24.4 Å². The molecule has 2 aromatic rings. The van der Waals surface area contributed by atoms with Gasteiger partial charge in [0.25, 0.3) is 5.91 Å². The molecular weight excluding hydrogens is 312 g/mol. The zero-order chi connectivity index (χ0) is 16.9. The molecule has 7 nitrogen and oxygen atoms in total. The summed E-state index contributed by atoms with van der Waals surface area (Å²) in [5.41, 5.74) is 3.57. The molecule has 1 N–H and O–H groups in total. The molecule has 2 aromatic carbocycles. The normalized spacial score (nSPS) is 12.2. The molecule has 0 radical (unpaired) electrons. The lowest BCUT2D eigenvalue weighted by molar-refractivity contribution is 0.0954. The Kier molecular flexibility index (Phi) is 4.51. The number of amides is 1. The van der Waals surface area contributed by atoms with Gasteiger partial charge in [0, 0.05) is 11.1 Å². The average molecular weight is 328 g/mol. The lowest BCUT2D eigenvalue weighted by Crippen LogP contribution is -2.17. The summed E-state index contributed by atoms with van der Waals surface area (Å²) in [5, 5.41) is 3.96. The fourth-order valence-corrected chi connectivity index (χ4v) is 2.20. The van der Waals surface area contributed by atoms with Crippen LogP contribution in [0, 0.1) is 0 Å². The third-order valence-electron chi connectivity index (χ3n) is 3.44. The Morgan fingerprint density at radius 2 is 1.96 bits per heavy atom. The summed E-state index contributed by atoms with van der Waals surface area (Å²) in [7, 11) is 3.13. The van der Waals surface area contributed by atoms with E-state index in [2.05, 4.69) is 10.5 Å². The van der Waals surface area contributed by atoms with Crippen LogP contribution >= 0.6 is 0 Å². The van der Waals surface area contributed by atoms with Gasteiger partial charge in [0.05, 0.1) is 20.4 Å². The number of benzene rings is 2. The maximum Gasteiger partial charge on any atom is 0.271 e. The molecule has 1 amide bonds. The molecular formula is C17H16N2O5. The first-order chi connectivity index (χ1) is 11.7. The number of methoxy groups -OCH3 is 2. The van der Waals surface area contributed by atoms with E-state index in [0.717, 1.165) is 0 Å². The third-order valence-corrected chi connectivity index (χ3v) is 3.44. The van der Waals surface area contributed by atoms with Crippen LogP contribution in [0.15, 0.2) is 41.5 Å². The molecule has 0 fully saturated rings. The van der Waals surface area contributed by atoms with Gasteiger partial charge in [-0.05, 0) is 36.4 Å². The monoisotopic (exact) mass is 328 g/mol. The maximum atomic E-state index is 12.1. The van der Waals surface area contributed by atoms with Crippen molar-refractivity contribution in [3.05, 3.63) is 47.5 Å². The van der Waals surface area contributed by atoms with E-state index < -0.39 is 0 Å². The summed E-state index contributed by atoms with van der Waals surface area (Å²) in [6.45, 7) is 0.161. The summed E-state index contributed by atoms with van der Waals surface area (Å²) < 4.78 is 20.9. The highest BCUT2D eigenvalue weighted by Crippen LogP contribution is 2.32. The van der Waals surface area contributed by atoms with Gasteiger partial charge in [-0.1, -0.05) is 0 Å². The van der Waals surface area contributed by atoms with Crippen molar-refractivity contribution in [2.24, 2.45) is 5.10 Å². The van der Waals surface area contributed by atoms with E-state index in [9.17, 15) is 4.79 Å². The van der Waals surface area contributed by atoms with Crippen LogP contribution in [0.1, 0.15) is 15.9 Å². The molecule has 0 unspecified atom stereocenters. The second kappa shape index (κ2) is 6.91. The number of hydrogen-bond donors (Lipinski definition) is 1. The number of fused-ring (bicyclic) bond motifs is 1. The largest absolute Gasteiger partial charge is 0.497 e. The van der Waals surface area contributed by atoms with Crippen LogP contribution in [0.2, 0.25) is 0 Å². The van der Waals surface area contributed by atoms with Crippen molar-refractivity contribution in [1.82, 2.24) is 5.43 Å². The number of nitrogens with one attached hydrogen (secondary N) is 1. The predicted molar refractivity (Wildman–Crippen MR) is 87.2 cm³/mol. The molecule has 0 saturated carbocycles. The standard InChI is InChI=1S/C17H16N2O5/c1-21-13-4-6-14(22-2)12(7-13)9-18-19-17(20)11-3-5-15-16(8-11)24-10-23-15/h3-9H,10H2,1-2H3,(H,19,20)/b18-9+. The minimum atomic E-state index is -0.355. The highest BCUT2D eigenvalue weighted by Gasteiger charge is 2.15. The Balaban J connectivity index is 1.71. The Hall–Kier alpha value is -3.22. The summed E-state index contributed by atoms with van der Waals surface area (Å²) in [5.74, 6) is 2.10. The Bertz CT molecular complexity index is 789. The number of carbonyl (C=O) groups excluding carboxylic acids is 1. The first-order valence-corrected chi connectivity index (χ1v) is 7.16. The minimum Gasteiger partial charge on any atom is -0.497 e. The fraction of sp³-hybridized carbons (Fsp3) is 0.176. The van der Waals surface area contributed by atoms with E-state index >= 15 is 0 Å². The molecule has 24 heavy (non-hydrogen) atoms. The van der Waals surface area contributed by atoms with Crippen LogP contribution in [0.25, 0.3) is 0 Å². The summed E-state index contributed by atoms with van der Waals surface area (Å²) in [6, 6.07) is 10.2. The van der Waals surface area contributed by atoms with Gasteiger partial charge < -0.3 is 18.9 Å². The lowest BCUT2D eigenvalue weighted by Gasteiger charge is -2.07. The molecule has 3 rings (SSSR count). The quantitative estimate of drug-likeness (QED) is 0.672. The van der Waals surface area contributed by atoms with E-state index in [1.807, 2.05) is 0 Å². The van der Waals surface area contributed by atoms with Crippen LogP contribution in [-0.4, -0.2) is 33.1 Å². The molecule has 1 heterocycles. The highest BCUT2D eigenvalue weighted by molar-refractivity contribution is 5.95. The molecule has 0 spiro atoms. The first-order valence-electron chi connectivity index (χ1n) is 7.16. The topological polar surface area (TPSA) is 78.4 Å². The molecule has 0 bridgehead atoms. The van der Waals surface area contributed by atoms with Crippen LogP contribution in [0.5, 0.6) is 23.0 Å². The second-order valence-electron chi connectivity index (χ2n) is 4.88. The molecule has 0 aromatic heterocycles. The molecule has 1 aliphatic rings. The first kappa shape index (κ1) is 15.7. The molecule has 1 aliphatic heterocycles. The van der Waals surface area contributed by atoms with Gasteiger partial charge in [-0.2, -0.15) is 5.10 Å². The van der Waals surface area contributed by atoms with Crippen molar-refractivity contribution >= 4 is 12.1 Å². The van der Waals surface area contributed by atoms with Gasteiger partial charge in [-0.25, -0.2) is 5.43 Å². The van der Waals surface area contributed by atoms with Crippen LogP contribution in [0.3, 0.4) is 0 Å². The maximum absolute atomic E-state index is 12.1. The van der Waals surface area contributed by atoms with E-state index in [1.165, 1.54) is 6.21 Å². The van der Waals surface area contributed by atoms with Gasteiger partial charge >= 0.3 is 0 Å². The number of carbonyl (C=O) groups is 1. The van der Waals surface area contributed by atoms with E-state index in [1.54, 1.807) is 50.6 Å². The second-order valence-corrected chi connectivity index (χ2v) is 4.88. The van der Waals surface area contributed by atoms with Crippen molar-refractivity contribution in [3.63, 3.8) is 0 Å². The van der Waals surface area contributed by atoms with Gasteiger partial charge in [0.1, 0.15) is 11.5 Å². The van der Waals surface area contributed by atoms with Crippen molar-refractivity contribution in [2.45, 2.75) is 0 Å². The average Bonchev–Trinajstić information content (AvgIpc) is 3.09. The molecule has 7 heteroatoms.